The van der Waals surface area contributed by atoms with E-state index in [0.29, 0.717) is 12.8 Å². The van der Waals surface area contributed by atoms with Gasteiger partial charge in [0.15, 0.2) is 0 Å². The molecule has 2 aromatic carbocycles. The summed E-state index contributed by atoms with van der Waals surface area (Å²) in [6, 6.07) is 13.8. The maximum atomic E-state index is 13.1. The molecule has 4 rings (SSSR count). The van der Waals surface area contributed by atoms with E-state index in [4.69, 9.17) is 16.3 Å². The summed E-state index contributed by atoms with van der Waals surface area (Å²) in [6.07, 6.45) is 5.01. The van der Waals surface area contributed by atoms with Gasteiger partial charge in [0, 0.05) is 6.54 Å². The first-order valence-electron chi connectivity index (χ1n) is 13.1. The first-order valence-corrected chi connectivity index (χ1v) is 13.4. The van der Waals surface area contributed by atoms with Gasteiger partial charge in [-0.05, 0) is 36.6 Å². The summed E-state index contributed by atoms with van der Waals surface area (Å²) in [5.41, 5.74) is -1.18. The van der Waals surface area contributed by atoms with Crippen LogP contribution in [0.15, 0.2) is 64.3 Å². The van der Waals surface area contributed by atoms with Crippen LogP contribution in [0.1, 0.15) is 54.4 Å². The molecule has 11 heteroatoms. The molecule has 0 spiro atoms. The van der Waals surface area contributed by atoms with Crippen LogP contribution in [0.2, 0.25) is 5.02 Å². The van der Waals surface area contributed by atoms with Crippen LogP contribution in [0.5, 0.6) is 0 Å². The number of rotatable bonds is 10. The molecule has 1 heterocycles. The van der Waals surface area contributed by atoms with Crippen LogP contribution in [0.3, 0.4) is 0 Å². The smallest absolute Gasteiger partial charge is 0.352 e. The lowest BCUT2D eigenvalue weighted by Crippen LogP contribution is -2.43. The summed E-state index contributed by atoms with van der Waals surface area (Å²) < 4.78 is 7.34. The fourth-order valence-corrected chi connectivity index (χ4v) is 4.86. The minimum Gasteiger partial charge on any atom is -0.389 e. The summed E-state index contributed by atoms with van der Waals surface area (Å²) in [7, 11) is 0. The average Bonchev–Trinajstić information content (AvgIpc) is 3.15. The van der Waals surface area contributed by atoms with Gasteiger partial charge in [-0.3, -0.25) is 14.2 Å². The molecule has 3 N–H and O–H groups in total. The van der Waals surface area contributed by atoms with E-state index < -0.39 is 28.9 Å². The molecule has 1 fully saturated rings. The summed E-state index contributed by atoms with van der Waals surface area (Å²) >= 11 is 6.29. The van der Waals surface area contributed by atoms with Crippen molar-refractivity contribution in [3.63, 3.8) is 0 Å². The number of nitrogens with zero attached hydrogens (tertiary/aromatic N) is 3. The van der Waals surface area contributed by atoms with Crippen LogP contribution >= 0.6 is 11.6 Å². The Labute approximate surface area is 230 Å². The zero-order valence-electron chi connectivity index (χ0n) is 21.6. The third-order valence-corrected chi connectivity index (χ3v) is 7.16. The molecule has 39 heavy (non-hydrogen) atoms. The fraction of sp³-hybridized carbons (Fsp3) is 0.429. The van der Waals surface area contributed by atoms with Gasteiger partial charge in [0.1, 0.15) is 6.20 Å². The Kier molecular flexibility index (Phi) is 9.68. The third-order valence-electron chi connectivity index (χ3n) is 6.83. The minimum atomic E-state index is -1.11. The second kappa shape index (κ2) is 13.2. The number of amides is 1. The molecule has 1 aliphatic carbocycles. The first kappa shape index (κ1) is 28.7. The largest absolute Gasteiger partial charge is 0.389 e. The van der Waals surface area contributed by atoms with E-state index >= 15 is 0 Å². The van der Waals surface area contributed by atoms with E-state index in [-0.39, 0.29) is 42.6 Å². The van der Waals surface area contributed by atoms with E-state index in [1.54, 1.807) is 0 Å². The van der Waals surface area contributed by atoms with Crippen LogP contribution in [0, 0.1) is 0 Å². The molecule has 1 amide bonds. The lowest BCUT2D eigenvalue weighted by atomic mass is 9.94. The molecule has 10 nitrogen and oxygen atoms in total. The Balaban J connectivity index is 1.46. The van der Waals surface area contributed by atoms with Crippen LogP contribution in [0.25, 0.3) is 5.69 Å². The monoisotopic (exact) mass is 556 g/mol. The van der Waals surface area contributed by atoms with Gasteiger partial charge in [0.2, 0.25) is 0 Å². The number of ether oxygens (including phenoxy) is 1. The molecular weight excluding hydrogens is 524 g/mol. The lowest BCUT2D eigenvalue weighted by Gasteiger charge is -2.26. The molecule has 0 bridgehead atoms. The fourth-order valence-electron chi connectivity index (χ4n) is 4.65. The van der Waals surface area contributed by atoms with Gasteiger partial charge in [-0.1, -0.05) is 67.6 Å². The number of benzene rings is 2. The van der Waals surface area contributed by atoms with E-state index in [2.05, 4.69) is 10.4 Å². The molecule has 3 aromatic rings. The number of halogens is 1. The normalized spacial score (nSPS) is 15.9. The SMILES string of the molecule is O=C(NCC1(O)CCCCCC1)c1cc(-n2ncc(=O)n(CC(O)COCc3ccccc3)c2=O)ccc1Cl. The highest BCUT2D eigenvalue weighted by molar-refractivity contribution is 6.33. The van der Waals surface area contributed by atoms with Crippen LogP contribution in [-0.4, -0.2) is 55.3 Å². The molecular formula is C28H33ClN4O6. The Hall–Kier alpha value is -3.31. The van der Waals surface area contributed by atoms with Crippen molar-refractivity contribution in [2.45, 2.75) is 63.4 Å². The number of aliphatic hydroxyl groups is 2. The zero-order chi connectivity index (χ0) is 27.8. The van der Waals surface area contributed by atoms with E-state index in [1.807, 2.05) is 30.3 Å². The van der Waals surface area contributed by atoms with E-state index in [9.17, 15) is 24.6 Å². The van der Waals surface area contributed by atoms with Gasteiger partial charge < -0.3 is 20.3 Å². The van der Waals surface area contributed by atoms with Crippen molar-refractivity contribution in [1.29, 1.82) is 0 Å². The van der Waals surface area contributed by atoms with Gasteiger partial charge in [-0.15, -0.1) is 0 Å². The molecule has 1 aromatic heterocycles. The first-order chi connectivity index (χ1) is 18.8. The molecule has 0 aliphatic heterocycles. The quantitative estimate of drug-likeness (QED) is 0.326. The van der Waals surface area contributed by atoms with Crippen LogP contribution in [0.4, 0.5) is 0 Å². The predicted molar refractivity (Wildman–Crippen MR) is 146 cm³/mol. The van der Waals surface area contributed by atoms with Gasteiger partial charge in [0.25, 0.3) is 11.5 Å². The number of hydrogen-bond donors (Lipinski definition) is 3. The average molecular weight is 557 g/mol. The van der Waals surface area contributed by atoms with Crippen molar-refractivity contribution >= 4 is 17.5 Å². The van der Waals surface area contributed by atoms with Gasteiger partial charge in [-0.2, -0.15) is 9.78 Å². The zero-order valence-corrected chi connectivity index (χ0v) is 22.3. The third kappa shape index (κ3) is 7.63. The van der Waals surface area contributed by atoms with Gasteiger partial charge >= 0.3 is 5.69 Å². The standard InChI is InChI=1S/C28H33ClN4O6/c29-24-11-10-21(14-23(24)26(36)30-19-28(38)12-6-1-2-7-13-28)33-27(37)32(25(35)15-31-33)16-22(34)18-39-17-20-8-4-3-5-9-20/h3-5,8-11,14-15,22,34,38H,1-2,6-7,12-13,16-19H2,(H,30,36). The second-order valence-corrected chi connectivity index (χ2v) is 10.3. The second-order valence-electron chi connectivity index (χ2n) is 9.93. The Morgan fingerprint density at radius 1 is 1.10 bits per heavy atom. The molecule has 208 valence electrons. The van der Waals surface area contributed by atoms with Crippen molar-refractivity contribution in [2.75, 3.05) is 13.2 Å². The number of carbonyl (C=O) groups is 1. The highest BCUT2D eigenvalue weighted by Gasteiger charge is 2.29. The van der Waals surface area contributed by atoms with Crippen LogP contribution in [-0.2, 0) is 17.9 Å². The van der Waals surface area contributed by atoms with Gasteiger partial charge in [-0.25, -0.2) is 4.79 Å². The predicted octanol–water partition coefficient (Wildman–Crippen LogP) is 2.44. The van der Waals surface area contributed by atoms with Crippen molar-refractivity contribution in [3.8, 4) is 5.69 Å². The summed E-state index contributed by atoms with van der Waals surface area (Å²) in [4.78, 5) is 38.5. The topological polar surface area (TPSA) is 136 Å². The Morgan fingerprint density at radius 2 is 1.82 bits per heavy atom. The van der Waals surface area contributed by atoms with E-state index in [1.165, 1.54) is 18.2 Å². The summed E-state index contributed by atoms with van der Waals surface area (Å²) in [5, 5.41) is 28.1. The highest BCUT2D eigenvalue weighted by atomic mass is 35.5. The number of aliphatic hydroxyl groups excluding tert-OH is 1. The Morgan fingerprint density at radius 3 is 2.54 bits per heavy atom. The highest BCUT2D eigenvalue weighted by Crippen LogP contribution is 2.27. The maximum absolute atomic E-state index is 13.1. The Bertz CT molecular complexity index is 1380. The molecule has 1 unspecified atom stereocenters. The molecule has 0 saturated heterocycles. The molecule has 1 aliphatic rings. The van der Waals surface area contributed by atoms with Crippen molar-refractivity contribution in [2.24, 2.45) is 0 Å². The molecule has 0 radical (unpaired) electrons. The maximum Gasteiger partial charge on any atom is 0.352 e. The van der Waals surface area contributed by atoms with Crippen LogP contribution < -0.4 is 16.6 Å². The van der Waals surface area contributed by atoms with Crippen molar-refractivity contribution in [3.05, 3.63) is 91.7 Å². The summed E-state index contributed by atoms with van der Waals surface area (Å²) in [5.74, 6) is -0.494. The number of nitrogens with one attached hydrogen (secondary N) is 1. The van der Waals surface area contributed by atoms with E-state index in [0.717, 1.165) is 46.7 Å². The minimum absolute atomic E-state index is 0.0826. The molecule has 1 atom stereocenters. The van der Waals surface area contributed by atoms with Crippen molar-refractivity contribution in [1.82, 2.24) is 19.7 Å². The molecule has 1 saturated carbocycles. The number of carbonyl (C=O) groups excluding carboxylic acids is 1. The lowest BCUT2D eigenvalue weighted by molar-refractivity contribution is 0.0191. The van der Waals surface area contributed by atoms with Crippen molar-refractivity contribution < 1.29 is 19.7 Å². The number of hydrogen-bond acceptors (Lipinski definition) is 7. The summed E-state index contributed by atoms with van der Waals surface area (Å²) in [6.45, 7) is -0.00467. The number of aromatic nitrogens is 3. The van der Waals surface area contributed by atoms with Gasteiger partial charge in [0.05, 0.1) is 47.7 Å².